The average molecular weight is 508 g/mol. The second-order valence-electron chi connectivity index (χ2n) is 6.30. The van der Waals surface area contributed by atoms with Crippen LogP contribution in [0.2, 0.25) is 5.02 Å². The first-order valence-electron chi connectivity index (χ1n) is 9.10. The largest absolute Gasteiger partial charge is 0.483 e. The molecule has 3 rings (SSSR count). The van der Waals surface area contributed by atoms with Crippen LogP contribution in [0.1, 0.15) is 18.9 Å². The van der Waals surface area contributed by atoms with Gasteiger partial charge in [0.05, 0.1) is 5.75 Å². The van der Waals surface area contributed by atoms with Gasteiger partial charge in [0, 0.05) is 21.7 Å². The number of allylic oxidation sites excluding steroid dienone is 1. The quantitative estimate of drug-likeness (QED) is 0.295. The number of anilines is 1. The Labute approximate surface area is 192 Å². The highest BCUT2D eigenvalue weighted by Crippen LogP contribution is 2.26. The lowest BCUT2D eigenvalue weighted by Gasteiger charge is -2.15. The van der Waals surface area contributed by atoms with Gasteiger partial charge < -0.3 is 10.1 Å². The van der Waals surface area contributed by atoms with Crippen LogP contribution < -0.4 is 10.1 Å². The lowest BCUT2D eigenvalue weighted by molar-refractivity contribution is -0.113. The summed E-state index contributed by atoms with van der Waals surface area (Å²) in [6.07, 6.45) is 1.43. The molecule has 1 atom stereocenters. The Balaban J connectivity index is 1.66. The number of ether oxygens (including phenoxy) is 1. The summed E-state index contributed by atoms with van der Waals surface area (Å²) in [4.78, 5) is 12.3. The molecule has 0 aliphatic carbocycles. The van der Waals surface area contributed by atoms with Crippen molar-refractivity contribution in [2.45, 2.75) is 24.7 Å². The zero-order valence-corrected chi connectivity index (χ0v) is 19.4. The standard InChI is InChI=1S/C21H20BrClN4O2S/c1-3-11-27-20(14(2)29-18-9-7-15(22)8-10-18)25-26-21(27)30-13-19(28)24-17-6-4-5-16(23)12-17/h3-10,12,14H,1,11,13H2,2H3,(H,24,28). The van der Waals surface area contributed by atoms with Crippen LogP contribution in [0.25, 0.3) is 0 Å². The monoisotopic (exact) mass is 506 g/mol. The fraction of sp³-hybridized carbons (Fsp3) is 0.190. The number of nitrogens with one attached hydrogen (secondary N) is 1. The van der Waals surface area contributed by atoms with Gasteiger partial charge in [0.1, 0.15) is 5.75 Å². The molecule has 0 spiro atoms. The molecule has 0 radical (unpaired) electrons. The average Bonchev–Trinajstić information content (AvgIpc) is 3.11. The van der Waals surface area contributed by atoms with Crippen molar-refractivity contribution in [3.05, 3.63) is 76.5 Å². The number of hydrogen-bond donors (Lipinski definition) is 1. The van der Waals surface area contributed by atoms with Crippen molar-refractivity contribution in [2.24, 2.45) is 0 Å². The lowest BCUT2D eigenvalue weighted by Crippen LogP contribution is -2.15. The molecule has 0 aliphatic rings. The van der Waals surface area contributed by atoms with Crippen LogP contribution in [0.5, 0.6) is 5.75 Å². The predicted molar refractivity (Wildman–Crippen MR) is 124 cm³/mol. The second kappa shape index (κ2) is 10.7. The van der Waals surface area contributed by atoms with E-state index in [0.717, 1.165) is 10.2 Å². The van der Waals surface area contributed by atoms with E-state index >= 15 is 0 Å². The van der Waals surface area contributed by atoms with Gasteiger partial charge in [0.15, 0.2) is 17.1 Å². The van der Waals surface area contributed by atoms with E-state index in [-0.39, 0.29) is 17.8 Å². The highest BCUT2D eigenvalue weighted by atomic mass is 79.9. The predicted octanol–water partition coefficient (Wildman–Crippen LogP) is 5.75. The minimum Gasteiger partial charge on any atom is -0.483 e. The Morgan fingerprint density at radius 3 is 2.80 bits per heavy atom. The van der Waals surface area contributed by atoms with Crippen molar-refractivity contribution in [3.8, 4) is 5.75 Å². The molecule has 30 heavy (non-hydrogen) atoms. The molecule has 1 N–H and O–H groups in total. The fourth-order valence-corrected chi connectivity index (χ4v) is 3.88. The first-order valence-corrected chi connectivity index (χ1v) is 11.3. The third-order valence-electron chi connectivity index (χ3n) is 3.99. The van der Waals surface area contributed by atoms with Gasteiger partial charge in [-0.05, 0) is 49.4 Å². The van der Waals surface area contributed by atoms with Gasteiger partial charge in [-0.2, -0.15) is 0 Å². The van der Waals surface area contributed by atoms with Gasteiger partial charge in [-0.25, -0.2) is 0 Å². The molecule has 9 heteroatoms. The van der Waals surface area contributed by atoms with Gasteiger partial charge in [-0.1, -0.05) is 51.4 Å². The first-order chi connectivity index (χ1) is 14.5. The number of nitrogens with zero attached hydrogens (tertiary/aromatic N) is 3. The third-order valence-corrected chi connectivity index (χ3v) is 5.72. The molecule has 6 nitrogen and oxygen atoms in total. The number of halogens is 2. The first kappa shape index (κ1) is 22.4. The second-order valence-corrected chi connectivity index (χ2v) is 8.60. The Morgan fingerprint density at radius 2 is 2.10 bits per heavy atom. The number of thioether (sulfide) groups is 1. The number of amides is 1. The fourth-order valence-electron chi connectivity index (χ4n) is 2.67. The van der Waals surface area contributed by atoms with E-state index in [1.54, 1.807) is 30.3 Å². The number of rotatable bonds is 9. The van der Waals surface area contributed by atoms with E-state index in [9.17, 15) is 4.79 Å². The Hall–Kier alpha value is -2.29. The van der Waals surface area contributed by atoms with Crippen molar-refractivity contribution in [1.29, 1.82) is 0 Å². The van der Waals surface area contributed by atoms with Crippen LogP contribution in [-0.4, -0.2) is 26.4 Å². The summed E-state index contributed by atoms with van der Waals surface area (Å²) < 4.78 is 8.87. The summed E-state index contributed by atoms with van der Waals surface area (Å²) in [6, 6.07) is 14.6. The zero-order valence-electron chi connectivity index (χ0n) is 16.2. The Morgan fingerprint density at radius 1 is 1.33 bits per heavy atom. The molecule has 156 valence electrons. The molecule has 0 aliphatic heterocycles. The number of carbonyl (C=O) groups is 1. The maximum atomic E-state index is 12.3. The summed E-state index contributed by atoms with van der Waals surface area (Å²) in [5, 5.41) is 12.5. The molecule has 0 fully saturated rings. The molecule has 1 unspecified atom stereocenters. The molecular weight excluding hydrogens is 488 g/mol. The summed E-state index contributed by atoms with van der Waals surface area (Å²) in [7, 11) is 0. The number of hydrogen-bond acceptors (Lipinski definition) is 5. The van der Waals surface area contributed by atoms with Crippen molar-refractivity contribution in [2.75, 3.05) is 11.1 Å². The highest BCUT2D eigenvalue weighted by Gasteiger charge is 2.20. The van der Waals surface area contributed by atoms with Crippen molar-refractivity contribution < 1.29 is 9.53 Å². The van der Waals surface area contributed by atoms with Crippen LogP contribution >= 0.6 is 39.3 Å². The maximum Gasteiger partial charge on any atom is 0.234 e. The van der Waals surface area contributed by atoms with Gasteiger partial charge in [-0.15, -0.1) is 16.8 Å². The van der Waals surface area contributed by atoms with Gasteiger partial charge >= 0.3 is 0 Å². The molecule has 1 aromatic heterocycles. The molecule has 1 heterocycles. The summed E-state index contributed by atoms with van der Waals surface area (Å²) in [5.41, 5.74) is 0.651. The normalized spacial score (nSPS) is 11.7. The van der Waals surface area contributed by atoms with Crippen LogP contribution in [0.15, 0.2) is 70.8 Å². The van der Waals surface area contributed by atoms with Gasteiger partial charge in [-0.3, -0.25) is 9.36 Å². The van der Waals surface area contributed by atoms with Crippen LogP contribution in [0.4, 0.5) is 5.69 Å². The Bertz CT molecular complexity index is 1030. The summed E-state index contributed by atoms with van der Waals surface area (Å²) >= 11 is 10.7. The molecule has 2 aromatic carbocycles. The third kappa shape index (κ3) is 6.10. The topological polar surface area (TPSA) is 69.0 Å². The van der Waals surface area contributed by atoms with E-state index in [1.807, 2.05) is 35.8 Å². The molecular formula is C21H20BrClN4O2S. The van der Waals surface area contributed by atoms with Crippen LogP contribution in [-0.2, 0) is 11.3 Å². The van der Waals surface area contributed by atoms with Gasteiger partial charge in [0.25, 0.3) is 0 Å². The van der Waals surface area contributed by atoms with Gasteiger partial charge in [0.2, 0.25) is 5.91 Å². The van der Waals surface area contributed by atoms with Crippen molar-refractivity contribution >= 4 is 50.9 Å². The van der Waals surface area contributed by atoms with Crippen molar-refractivity contribution in [3.63, 3.8) is 0 Å². The van der Waals surface area contributed by atoms with E-state index in [2.05, 4.69) is 38.0 Å². The van der Waals surface area contributed by atoms with Crippen LogP contribution in [0.3, 0.4) is 0 Å². The van der Waals surface area contributed by atoms with E-state index < -0.39 is 0 Å². The molecule has 0 saturated carbocycles. The Kier molecular flexibility index (Phi) is 7.95. The van der Waals surface area contributed by atoms with E-state index in [0.29, 0.717) is 28.2 Å². The SMILES string of the molecule is C=CCn1c(SCC(=O)Nc2cccc(Cl)c2)nnc1C(C)Oc1ccc(Br)cc1. The zero-order chi connectivity index (χ0) is 21.5. The number of aromatic nitrogens is 3. The van der Waals surface area contributed by atoms with Crippen molar-refractivity contribution in [1.82, 2.24) is 14.8 Å². The minimum absolute atomic E-state index is 0.156. The van der Waals surface area contributed by atoms with E-state index in [4.69, 9.17) is 16.3 Å². The number of carbonyl (C=O) groups excluding carboxylic acids is 1. The smallest absolute Gasteiger partial charge is 0.234 e. The summed E-state index contributed by atoms with van der Waals surface area (Å²) in [5.74, 6) is 1.42. The molecule has 1 amide bonds. The van der Waals surface area contributed by atoms with E-state index in [1.165, 1.54) is 11.8 Å². The summed E-state index contributed by atoms with van der Waals surface area (Å²) in [6.45, 7) is 6.22. The maximum absolute atomic E-state index is 12.3. The van der Waals surface area contributed by atoms with Crippen LogP contribution in [0, 0.1) is 0 Å². The minimum atomic E-state index is -0.326. The number of benzene rings is 2. The molecule has 0 saturated heterocycles. The lowest BCUT2D eigenvalue weighted by atomic mass is 10.3. The molecule has 3 aromatic rings. The highest BCUT2D eigenvalue weighted by molar-refractivity contribution is 9.10. The molecule has 0 bridgehead atoms.